The number of benzene rings is 7. The van der Waals surface area contributed by atoms with E-state index in [0.29, 0.717) is 0 Å². The maximum atomic E-state index is 6.74. The minimum absolute atomic E-state index is 0.742. The minimum atomic E-state index is 0.742. The molecular formula is C49H42N4. The van der Waals surface area contributed by atoms with E-state index in [1.165, 1.54) is 21.8 Å². The van der Waals surface area contributed by atoms with Crippen molar-refractivity contribution in [2.75, 3.05) is 10.6 Å². The summed E-state index contributed by atoms with van der Waals surface area (Å²) < 4.78 is 2.35. The average Bonchev–Trinajstić information content (AvgIpc) is 3.56. The summed E-state index contributed by atoms with van der Waals surface area (Å²) >= 11 is 0. The molecule has 1 aromatic heterocycles. The Kier molecular flexibility index (Phi) is 9.18. The number of aryl methyl sites for hydroxylation is 2. The van der Waals surface area contributed by atoms with Gasteiger partial charge in [-0.15, -0.1) is 0 Å². The van der Waals surface area contributed by atoms with Crippen molar-refractivity contribution in [3.63, 3.8) is 0 Å². The van der Waals surface area contributed by atoms with E-state index < -0.39 is 0 Å². The summed E-state index contributed by atoms with van der Waals surface area (Å²) in [6.45, 7) is 8.88. The lowest BCUT2D eigenvalue weighted by Crippen LogP contribution is -2.10. The second-order valence-corrected chi connectivity index (χ2v) is 13.3. The fourth-order valence-electron chi connectivity index (χ4n) is 7.36. The molecule has 0 radical (unpaired) electrons. The number of hydrogen-bond donors (Lipinski definition) is 1. The van der Waals surface area contributed by atoms with E-state index in [2.05, 4.69) is 182 Å². The van der Waals surface area contributed by atoms with Crippen LogP contribution in [0.2, 0.25) is 0 Å². The van der Waals surface area contributed by atoms with Gasteiger partial charge in [0, 0.05) is 44.7 Å². The summed E-state index contributed by atoms with van der Waals surface area (Å²) in [4.78, 5) is 7.57. The van der Waals surface area contributed by atoms with Crippen LogP contribution in [0.25, 0.3) is 33.1 Å². The van der Waals surface area contributed by atoms with Crippen LogP contribution in [-0.2, 0) is 12.8 Å². The molecule has 258 valence electrons. The molecule has 1 heterocycles. The van der Waals surface area contributed by atoms with Crippen LogP contribution in [0.15, 0.2) is 181 Å². The highest BCUT2D eigenvalue weighted by Crippen LogP contribution is 2.38. The molecule has 0 aliphatic carbocycles. The molecule has 53 heavy (non-hydrogen) atoms. The first-order valence-electron chi connectivity index (χ1n) is 18.3. The lowest BCUT2D eigenvalue weighted by atomic mass is 9.96. The van der Waals surface area contributed by atoms with Crippen molar-refractivity contribution in [3.05, 3.63) is 199 Å². The van der Waals surface area contributed by atoms with Crippen LogP contribution in [0.3, 0.4) is 0 Å². The van der Waals surface area contributed by atoms with E-state index in [1.807, 2.05) is 18.2 Å². The molecular weight excluding hydrogens is 645 g/mol. The molecule has 4 nitrogen and oxygen atoms in total. The first-order valence-corrected chi connectivity index (χ1v) is 18.3. The average molecular weight is 687 g/mol. The monoisotopic (exact) mass is 686 g/mol. The second kappa shape index (κ2) is 14.5. The summed E-state index contributed by atoms with van der Waals surface area (Å²) in [5, 5.41) is 2.51. The molecule has 0 unspecified atom stereocenters. The molecule has 4 heteroatoms. The first-order chi connectivity index (χ1) is 26.1. The van der Waals surface area contributed by atoms with Crippen molar-refractivity contribution >= 4 is 61.5 Å². The summed E-state index contributed by atoms with van der Waals surface area (Å²) in [5.41, 5.74) is 20.9. The molecule has 0 saturated heterocycles. The van der Waals surface area contributed by atoms with E-state index in [4.69, 9.17) is 10.7 Å². The first kappa shape index (κ1) is 33.5. The Morgan fingerprint density at radius 3 is 1.62 bits per heavy atom. The Balaban J connectivity index is 1.18. The normalized spacial score (nSPS) is 11.6. The Labute approximate surface area is 311 Å². The van der Waals surface area contributed by atoms with Gasteiger partial charge in [-0.2, -0.15) is 0 Å². The molecule has 0 aliphatic rings. The van der Waals surface area contributed by atoms with E-state index in [0.717, 1.165) is 80.5 Å². The number of nitrogen functional groups attached to an aromatic ring is 1. The lowest BCUT2D eigenvalue weighted by molar-refractivity contribution is 1.10. The highest BCUT2D eigenvalue weighted by atomic mass is 15.1. The quantitative estimate of drug-likeness (QED) is 0.115. The number of fused-ring (bicyclic) bond motifs is 3. The molecule has 0 fully saturated rings. The summed E-state index contributed by atoms with van der Waals surface area (Å²) in [6.07, 6.45) is 1.69. The number of para-hydroxylation sites is 3. The maximum Gasteiger partial charge on any atom is 0.0901 e. The van der Waals surface area contributed by atoms with Crippen LogP contribution in [0, 0.1) is 0 Å². The van der Waals surface area contributed by atoms with E-state index >= 15 is 0 Å². The largest absolute Gasteiger partial charge is 0.397 e. The molecule has 0 saturated carbocycles. The number of anilines is 4. The summed E-state index contributed by atoms with van der Waals surface area (Å²) in [5.74, 6) is 0. The number of aromatic nitrogens is 1. The Morgan fingerprint density at radius 1 is 0.547 bits per heavy atom. The highest BCUT2D eigenvalue weighted by Gasteiger charge is 2.18. The van der Waals surface area contributed by atoms with Crippen molar-refractivity contribution in [2.45, 2.75) is 26.7 Å². The molecule has 0 bridgehead atoms. The van der Waals surface area contributed by atoms with Crippen molar-refractivity contribution in [2.24, 2.45) is 4.99 Å². The zero-order chi connectivity index (χ0) is 36.3. The zero-order valence-electron chi connectivity index (χ0n) is 30.2. The third-order valence-corrected chi connectivity index (χ3v) is 10.1. The third kappa shape index (κ3) is 6.30. The van der Waals surface area contributed by atoms with Gasteiger partial charge >= 0.3 is 0 Å². The fraction of sp³-hybridized carbons (Fsp3) is 0.0816. The predicted molar refractivity (Wildman–Crippen MR) is 227 cm³/mol. The fourth-order valence-corrected chi connectivity index (χ4v) is 7.36. The number of aliphatic imine (C=N–C) groups is 1. The van der Waals surface area contributed by atoms with E-state index in [9.17, 15) is 0 Å². The summed E-state index contributed by atoms with van der Waals surface area (Å²) in [7, 11) is 0. The van der Waals surface area contributed by atoms with Crippen LogP contribution >= 0.6 is 0 Å². The molecule has 0 amide bonds. The number of nitrogens with two attached hydrogens (primary N) is 1. The Bertz CT molecular complexity index is 2530. The van der Waals surface area contributed by atoms with Crippen molar-refractivity contribution in [1.82, 2.24) is 4.57 Å². The summed E-state index contributed by atoms with van der Waals surface area (Å²) in [6, 6.07) is 59.8. The highest BCUT2D eigenvalue weighted by molar-refractivity contribution is 6.32. The molecule has 0 atom stereocenters. The van der Waals surface area contributed by atoms with Gasteiger partial charge < -0.3 is 15.2 Å². The van der Waals surface area contributed by atoms with Crippen molar-refractivity contribution in [3.8, 4) is 5.69 Å². The second-order valence-electron chi connectivity index (χ2n) is 13.3. The van der Waals surface area contributed by atoms with Gasteiger partial charge in [-0.25, -0.2) is 4.99 Å². The van der Waals surface area contributed by atoms with E-state index in [1.54, 1.807) is 0 Å². The van der Waals surface area contributed by atoms with Gasteiger partial charge in [0.15, 0.2) is 0 Å². The van der Waals surface area contributed by atoms with Crippen LogP contribution < -0.4 is 10.6 Å². The lowest BCUT2D eigenvalue weighted by Gasteiger charge is -2.26. The number of nitrogens with zero attached hydrogens (tertiary/aromatic N) is 3. The Hall–Kier alpha value is -6.65. The predicted octanol–water partition coefficient (Wildman–Crippen LogP) is 12.8. The van der Waals surface area contributed by atoms with Gasteiger partial charge in [0.2, 0.25) is 0 Å². The van der Waals surface area contributed by atoms with E-state index in [-0.39, 0.29) is 0 Å². The van der Waals surface area contributed by atoms with Gasteiger partial charge in [0.05, 0.1) is 28.1 Å². The van der Waals surface area contributed by atoms with Crippen molar-refractivity contribution in [1.29, 1.82) is 0 Å². The number of hydrogen-bond acceptors (Lipinski definition) is 3. The SMILES string of the molecule is C=C(/C(=N\c1c(CC)ccc(CC)c1N)c1ccccc1)c1ccc(N(c2ccccc2)c2ccc(-n3c4ccccc4c4ccccc43)cc2)cc1. The zero-order valence-corrected chi connectivity index (χ0v) is 30.2. The van der Waals surface area contributed by atoms with Crippen LogP contribution in [0.4, 0.5) is 28.4 Å². The smallest absolute Gasteiger partial charge is 0.0901 e. The minimum Gasteiger partial charge on any atom is -0.397 e. The molecule has 0 spiro atoms. The molecule has 7 aromatic carbocycles. The number of rotatable bonds is 10. The van der Waals surface area contributed by atoms with Crippen LogP contribution in [0.1, 0.15) is 36.1 Å². The molecule has 8 aromatic rings. The van der Waals surface area contributed by atoms with Gasteiger partial charge in [-0.1, -0.05) is 130 Å². The van der Waals surface area contributed by atoms with Gasteiger partial charge in [0.25, 0.3) is 0 Å². The van der Waals surface area contributed by atoms with Gasteiger partial charge in [-0.05, 0) is 90.2 Å². The van der Waals surface area contributed by atoms with Crippen molar-refractivity contribution < 1.29 is 0 Å². The Morgan fingerprint density at radius 2 is 1.04 bits per heavy atom. The third-order valence-electron chi connectivity index (χ3n) is 10.1. The van der Waals surface area contributed by atoms with Gasteiger partial charge in [-0.3, -0.25) is 0 Å². The maximum absolute atomic E-state index is 6.74. The molecule has 2 N–H and O–H groups in total. The molecule has 8 rings (SSSR count). The van der Waals surface area contributed by atoms with Gasteiger partial charge in [0.1, 0.15) is 0 Å². The topological polar surface area (TPSA) is 46.5 Å². The number of allylic oxidation sites excluding steroid dienone is 1. The van der Waals surface area contributed by atoms with Crippen LogP contribution in [-0.4, -0.2) is 10.3 Å². The van der Waals surface area contributed by atoms with Crippen LogP contribution in [0.5, 0.6) is 0 Å². The molecule has 0 aliphatic heterocycles. The standard InChI is InChI=1S/C49H42N4/c1-4-35-24-25-36(5-2)49(47(35)50)51-48(38-16-8-6-9-17-38)34(3)37-26-28-40(29-27-37)52(39-18-10-7-11-19-39)41-30-32-42(33-31-41)53-45-22-14-12-20-43(45)44-21-13-15-23-46(44)53/h6-33H,3-5,50H2,1-2H3/b51-48+.